The highest BCUT2D eigenvalue weighted by Crippen LogP contribution is 2.27. The van der Waals surface area contributed by atoms with E-state index < -0.39 is 0 Å². The van der Waals surface area contributed by atoms with Gasteiger partial charge in [-0.2, -0.15) is 0 Å². The van der Waals surface area contributed by atoms with Gasteiger partial charge in [-0.25, -0.2) is 0 Å². The highest BCUT2D eigenvalue weighted by atomic mass is 14.2. The molecule has 0 aliphatic rings. The number of hydrogen-bond acceptors (Lipinski definition) is 0. The monoisotopic (exact) mass is 464 g/mol. The minimum Gasteiger partial charge on any atom is -0.106 e. The summed E-state index contributed by atoms with van der Waals surface area (Å²) in [5, 5.41) is 0. The largest absolute Gasteiger partial charge is 0.106 e. The van der Waals surface area contributed by atoms with Crippen molar-refractivity contribution in [2.75, 3.05) is 0 Å². The predicted octanol–water partition coefficient (Wildman–Crippen LogP) is 11.3. The van der Waals surface area contributed by atoms with Crippen LogP contribution in [0.3, 0.4) is 0 Å². The Balaban J connectivity index is -0.000000448. The van der Waals surface area contributed by atoms with Gasteiger partial charge in [-0.3, -0.25) is 0 Å². The maximum atomic E-state index is 3.92. The average Bonchev–Trinajstić information content (AvgIpc) is 2.83. The van der Waals surface area contributed by atoms with Crippen LogP contribution in [-0.4, -0.2) is 0 Å². The molecule has 0 aliphatic carbocycles. The Morgan fingerprint density at radius 2 is 1.50 bits per heavy atom. The lowest BCUT2D eigenvalue weighted by Crippen LogP contribution is -2.01. The summed E-state index contributed by atoms with van der Waals surface area (Å²) in [6, 6.07) is 13.3. The molecule has 34 heavy (non-hydrogen) atoms. The highest BCUT2D eigenvalue weighted by Gasteiger charge is 2.10. The molecule has 0 nitrogen and oxygen atoms in total. The summed E-state index contributed by atoms with van der Waals surface area (Å²) in [6.07, 6.45) is 7.72. The molecule has 0 radical (unpaired) electrons. The molecular formula is C34H56. The molecule has 0 N–H and O–H groups in total. The summed E-state index contributed by atoms with van der Waals surface area (Å²) in [5.41, 5.74) is 10.1. The number of rotatable bonds is 7. The van der Waals surface area contributed by atoms with Crippen molar-refractivity contribution in [3.63, 3.8) is 0 Å². The van der Waals surface area contributed by atoms with E-state index in [4.69, 9.17) is 0 Å². The van der Waals surface area contributed by atoms with E-state index >= 15 is 0 Å². The van der Waals surface area contributed by atoms with Crippen LogP contribution in [0, 0.1) is 20.8 Å². The average molecular weight is 465 g/mol. The Labute approximate surface area is 214 Å². The fourth-order valence-corrected chi connectivity index (χ4v) is 3.75. The summed E-state index contributed by atoms with van der Waals surface area (Å²) in [5.74, 6) is 0.719. The summed E-state index contributed by atoms with van der Waals surface area (Å²) in [7, 11) is 0. The van der Waals surface area contributed by atoms with Gasteiger partial charge in [0.1, 0.15) is 0 Å². The first kappa shape index (κ1) is 36.2. The Hall–Kier alpha value is -2.34. The minimum absolute atomic E-state index is 0.719. The van der Waals surface area contributed by atoms with Crippen molar-refractivity contribution in [1.29, 1.82) is 0 Å². The van der Waals surface area contributed by atoms with E-state index in [0.29, 0.717) is 0 Å². The van der Waals surface area contributed by atoms with Gasteiger partial charge in [0.05, 0.1) is 0 Å². The molecule has 2 aromatic carbocycles. The van der Waals surface area contributed by atoms with E-state index in [9.17, 15) is 0 Å². The molecular weight excluding hydrogens is 408 g/mol. The summed E-state index contributed by atoms with van der Waals surface area (Å²) in [6.45, 7) is 34.7. The number of aryl methyl sites for hydroxylation is 5. The topological polar surface area (TPSA) is 0 Å². The molecule has 0 amide bonds. The van der Waals surface area contributed by atoms with E-state index in [1.807, 2.05) is 20.8 Å². The number of benzene rings is 2. The van der Waals surface area contributed by atoms with E-state index in [0.717, 1.165) is 25.2 Å². The van der Waals surface area contributed by atoms with E-state index in [2.05, 4.69) is 111 Å². The summed E-state index contributed by atoms with van der Waals surface area (Å²) in [4.78, 5) is 0. The molecule has 192 valence electrons. The Morgan fingerprint density at radius 1 is 0.941 bits per heavy atom. The lowest BCUT2D eigenvalue weighted by atomic mass is 9.88. The van der Waals surface area contributed by atoms with Crippen LogP contribution in [0.2, 0.25) is 0 Å². The first-order valence-electron chi connectivity index (χ1n) is 13.1. The molecule has 0 spiro atoms. The van der Waals surface area contributed by atoms with Crippen molar-refractivity contribution < 1.29 is 0 Å². The fourth-order valence-electron chi connectivity index (χ4n) is 3.75. The van der Waals surface area contributed by atoms with E-state index in [1.54, 1.807) is 11.6 Å². The zero-order chi connectivity index (χ0) is 27.1. The van der Waals surface area contributed by atoms with Crippen LogP contribution in [0.1, 0.15) is 107 Å². The molecule has 0 bridgehead atoms. The van der Waals surface area contributed by atoms with Gasteiger partial charge in [0.2, 0.25) is 0 Å². The standard InChI is InChI=1S/C14H22.C13H18.C3H6.C2H6.C2H4/c1-5-8-11(3)14-12(4)9-7-10-13(14)6-2;1-10(2)5-8-13-9-11(3)6-7-12(13)4;1-3-2;2*1-2/h7,9-11H,5-6,8H2,1-4H3;6-7,9H,1,5,8H2,2-4H3;3H,1H2,2H3;1-2H3;1-2H2. The third-order valence-electron chi connectivity index (χ3n) is 5.34. The van der Waals surface area contributed by atoms with E-state index in [1.165, 1.54) is 46.2 Å². The quantitative estimate of drug-likeness (QED) is 0.357. The van der Waals surface area contributed by atoms with Crippen LogP contribution < -0.4 is 0 Å². The van der Waals surface area contributed by atoms with Gasteiger partial charge >= 0.3 is 0 Å². The minimum atomic E-state index is 0.719. The van der Waals surface area contributed by atoms with Gasteiger partial charge in [-0.1, -0.05) is 94.7 Å². The van der Waals surface area contributed by atoms with Crippen molar-refractivity contribution in [1.82, 2.24) is 0 Å². The molecule has 1 unspecified atom stereocenters. The second-order valence-corrected chi connectivity index (χ2v) is 8.49. The second kappa shape index (κ2) is 23.8. The van der Waals surface area contributed by atoms with Gasteiger partial charge < -0.3 is 0 Å². The third-order valence-corrected chi connectivity index (χ3v) is 5.34. The van der Waals surface area contributed by atoms with Crippen molar-refractivity contribution in [2.45, 2.75) is 107 Å². The van der Waals surface area contributed by atoms with Gasteiger partial charge in [-0.05, 0) is 94.0 Å². The lowest BCUT2D eigenvalue weighted by Gasteiger charge is -2.17. The molecule has 0 aromatic heterocycles. The Morgan fingerprint density at radius 3 is 1.97 bits per heavy atom. The molecule has 0 fully saturated rings. The normalized spacial score (nSPS) is 9.82. The molecule has 2 rings (SSSR count). The molecule has 0 saturated heterocycles. The van der Waals surface area contributed by atoms with Gasteiger partial charge in [0.15, 0.2) is 0 Å². The fraction of sp³-hybridized carbons (Fsp3) is 0.471. The van der Waals surface area contributed by atoms with Gasteiger partial charge in [0, 0.05) is 0 Å². The maximum absolute atomic E-state index is 3.92. The smallest absolute Gasteiger partial charge is 0.0185 e. The van der Waals surface area contributed by atoms with Crippen LogP contribution in [0.15, 0.2) is 74.4 Å². The van der Waals surface area contributed by atoms with E-state index in [-0.39, 0.29) is 0 Å². The van der Waals surface area contributed by atoms with Gasteiger partial charge in [0.25, 0.3) is 0 Å². The zero-order valence-corrected chi connectivity index (χ0v) is 24.5. The van der Waals surface area contributed by atoms with Crippen LogP contribution in [-0.2, 0) is 12.8 Å². The highest BCUT2D eigenvalue weighted by molar-refractivity contribution is 5.37. The SMILES string of the molecule is C=C.C=C(C)CCc1cc(C)ccc1C.C=CC.CC.CCCC(C)c1c(C)cccc1CC. The van der Waals surface area contributed by atoms with Crippen molar-refractivity contribution in [3.05, 3.63) is 108 Å². The van der Waals surface area contributed by atoms with Crippen LogP contribution in [0.5, 0.6) is 0 Å². The van der Waals surface area contributed by atoms with Gasteiger partial charge in [-0.15, -0.1) is 26.3 Å². The third kappa shape index (κ3) is 16.3. The Kier molecular flexibility index (Phi) is 25.4. The maximum Gasteiger partial charge on any atom is -0.0185 e. The molecule has 0 aliphatic heterocycles. The summed E-state index contributed by atoms with van der Waals surface area (Å²) >= 11 is 0. The molecule has 0 saturated carbocycles. The Bertz CT molecular complexity index is 779. The first-order valence-corrected chi connectivity index (χ1v) is 13.1. The summed E-state index contributed by atoms with van der Waals surface area (Å²) < 4.78 is 0. The second-order valence-electron chi connectivity index (χ2n) is 8.49. The number of allylic oxidation sites excluding steroid dienone is 2. The molecule has 0 heterocycles. The van der Waals surface area contributed by atoms with Crippen molar-refractivity contribution in [2.24, 2.45) is 0 Å². The van der Waals surface area contributed by atoms with Crippen LogP contribution in [0.4, 0.5) is 0 Å². The lowest BCUT2D eigenvalue weighted by molar-refractivity contribution is 0.655. The van der Waals surface area contributed by atoms with Crippen LogP contribution in [0.25, 0.3) is 0 Å². The first-order chi connectivity index (χ1) is 16.2. The predicted molar refractivity (Wildman–Crippen MR) is 161 cm³/mol. The van der Waals surface area contributed by atoms with Crippen molar-refractivity contribution in [3.8, 4) is 0 Å². The van der Waals surface area contributed by atoms with Crippen molar-refractivity contribution >= 4 is 0 Å². The molecule has 2 aromatic rings. The molecule has 0 heteroatoms. The molecule has 1 atom stereocenters. The zero-order valence-electron chi connectivity index (χ0n) is 24.5. The van der Waals surface area contributed by atoms with Crippen LogP contribution >= 0.6 is 0 Å². The number of hydrogen-bond donors (Lipinski definition) is 0.